The maximum Gasteiger partial charge on any atom is 0.338 e. The number of amides is 2. The van der Waals surface area contributed by atoms with E-state index in [-0.39, 0.29) is 18.4 Å². The zero-order chi connectivity index (χ0) is 14.4. The summed E-state index contributed by atoms with van der Waals surface area (Å²) in [7, 11) is 0. The predicted octanol–water partition coefficient (Wildman–Crippen LogP) is 1.17. The van der Waals surface area contributed by atoms with Crippen molar-refractivity contribution in [1.29, 1.82) is 0 Å². The Balaban J connectivity index is 1.81. The van der Waals surface area contributed by atoms with Gasteiger partial charge < -0.3 is 9.64 Å². The first-order chi connectivity index (χ1) is 9.65. The summed E-state index contributed by atoms with van der Waals surface area (Å²) in [5.41, 5.74) is 4.15. The van der Waals surface area contributed by atoms with Crippen LogP contribution in [0.25, 0.3) is 0 Å². The lowest BCUT2D eigenvalue weighted by atomic mass is 10.2. The van der Waals surface area contributed by atoms with E-state index in [1.807, 2.05) is 30.3 Å². The van der Waals surface area contributed by atoms with Crippen molar-refractivity contribution >= 4 is 17.5 Å². The van der Waals surface area contributed by atoms with Crippen LogP contribution in [0.1, 0.15) is 12.5 Å². The summed E-state index contributed by atoms with van der Waals surface area (Å²) in [5, 5.41) is 3.94. The third kappa shape index (κ3) is 4.17. The largest absolute Gasteiger partial charge is 0.371 e. The van der Waals surface area contributed by atoms with Crippen LogP contribution in [-0.2, 0) is 16.1 Å². The Bertz CT molecular complexity index is 514. The van der Waals surface area contributed by atoms with Gasteiger partial charge in [-0.2, -0.15) is 5.10 Å². The van der Waals surface area contributed by atoms with E-state index in [2.05, 4.69) is 10.5 Å². The summed E-state index contributed by atoms with van der Waals surface area (Å²) in [6, 6.07) is 9.45. The van der Waals surface area contributed by atoms with Gasteiger partial charge in [-0.1, -0.05) is 30.3 Å². The average Bonchev–Trinajstić information content (AvgIpc) is 2.43. The number of hydrazone groups is 1. The highest BCUT2D eigenvalue weighted by Crippen LogP contribution is 2.03. The molecule has 0 spiro atoms. The zero-order valence-corrected chi connectivity index (χ0v) is 11.3. The highest BCUT2D eigenvalue weighted by atomic mass is 16.5. The molecule has 0 bridgehead atoms. The molecule has 1 aliphatic rings. The summed E-state index contributed by atoms with van der Waals surface area (Å²) in [4.78, 5) is 24.0. The molecule has 106 valence electrons. The molecule has 0 atom stereocenters. The van der Waals surface area contributed by atoms with Crippen LogP contribution >= 0.6 is 0 Å². The molecule has 2 rings (SSSR count). The molecule has 6 heteroatoms. The maximum absolute atomic E-state index is 11.5. The fraction of sp³-hybridized carbons (Fsp3) is 0.357. The molecule has 0 radical (unpaired) electrons. The molecule has 0 saturated heterocycles. The fourth-order valence-corrected chi connectivity index (χ4v) is 1.86. The number of urea groups is 1. The maximum atomic E-state index is 11.5. The number of Topliss-reactive ketones (excluding diaryl/α,β-unsaturated/α-hetero) is 1. The second-order valence-electron chi connectivity index (χ2n) is 4.63. The fourth-order valence-electron chi connectivity index (χ4n) is 1.86. The Morgan fingerprint density at radius 3 is 2.80 bits per heavy atom. The molecule has 1 heterocycles. The molecule has 1 N–H and O–H groups in total. The van der Waals surface area contributed by atoms with Crippen LogP contribution in [0, 0.1) is 0 Å². The number of hydrogen-bond donors (Lipinski definition) is 1. The standard InChI is InChI=1S/C14H17N3O3/c1-11(18)7-17-8-13(15-16-14(17)19)10-20-9-12-5-3-2-4-6-12/h2-6H,7-10H2,1H3,(H,16,19). The van der Waals surface area contributed by atoms with E-state index in [0.717, 1.165) is 5.56 Å². The molecular formula is C14H17N3O3. The van der Waals surface area contributed by atoms with Crippen LogP contribution < -0.4 is 5.43 Å². The highest BCUT2D eigenvalue weighted by Gasteiger charge is 2.21. The summed E-state index contributed by atoms with van der Waals surface area (Å²) in [6.45, 7) is 2.67. The molecule has 0 aromatic heterocycles. The summed E-state index contributed by atoms with van der Waals surface area (Å²) in [5.74, 6) is -0.0633. The average molecular weight is 275 g/mol. The molecular weight excluding hydrogens is 258 g/mol. The predicted molar refractivity (Wildman–Crippen MR) is 74.3 cm³/mol. The number of carbonyl (C=O) groups excluding carboxylic acids is 2. The van der Waals surface area contributed by atoms with Gasteiger partial charge in [-0.3, -0.25) is 4.79 Å². The zero-order valence-electron chi connectivity index (χ0n) is 11.3. The van der Waals surface area contributed by atoms with Crippen molar-refractivity contribution < 1.29 is 14.3 Å². The minimum Gasteiger partial charge on any atom is -0.371 e. The number of ether oxygens (including phenoxy) is 1. The van der Waals surface area contributed by atoms with E-state index in [4.69, 9.17) is 4.74 Å². The van der Waals surface area contributed by atoms with Gasteiger partial charge in [-0.25, -0.2) is 10.2 Å². The smallest absolute Gasteiger partial charge is 0.338 e. The van der Waals surface area contributed by atoms with Gasteiger partial charge in [-0.05, 0) is 12.5 Å². The third-order valence-electron chi connectivity index (χ3n) is 2.76. The van der Waals surface area contributed by atoms with E-state index < -0.39 is 0 Å². The van der Waals surface area contributed by atoms with Gasteiger partial charge >= 0.3 is 6.03 Å². The van der Waals surface area contributed by atoms with E-state index >= 15 is 0 Å². The van der Waals surface area contributed by atoms with Gasteiger partial charge in [0, 0.05) is 0 Å². The van der Waals surface area contributed by atoms with Crippen molar-refractivity contribution in [3.63, 3.8) is 0 Å². The van der Waals surface area contributed by atoms with E-state index in [1.165, 1.54) is 11.8 Å². The molecule has 1 aromatic rings. The van der Waals surface area contributed by atoms with E-state index in [1.54, 1.807) is 0 Å². The van der Waals surface area contributed by atoms with Gasteiger partial charge in [0.2, 0.25) is 0 Å². The lowest BCUT2D eigenvalue weighted by Crippen LogP contribution is -2.48. The van der Waals surface area contributed by atoms with Gasteiger partial charge in [0.15, 0.2) is 0 Å². The molecule has 0 aliphatic carbocycles. The van der Waals surface area contributed by atoms with Crippen molar-refractivity contribution in [3.8, 4) is 0 Å². The number of carbonyl (C=O) groups is 2. The lowest BCUT2D eigenvalue weighted by Gasteiger charge is -2.25. The van der Waals surface area contributed by atoms with Crippen LogP contribution in [0.3, 0.4) is 0 Å². The lowest BCUT2D eigenvalue weighted by molar-refractivity contribution is -0.117. The number of benzene rings is 1. The summed E-state index contributed by atoms with van der Waals surface area (Å²) >= 11 is 0. The first-order valence-electron chi connectivity index (χ1n) is 6.36. The van der Waals surface area contributed by atoms with Crippen molar-refractivity contribution in [2.24, 2.45) is 5.10 Å². The second kappa shape index (κ2) is 6.81. The van der Waals surface area contributed by atoms with E-state index in [9.17, 15) is 9.59 Å². The Morgan fingerprint density at radius 2 is 2.10 bits per heavy atom. The first-order valence-corrected chi connectivity index (χ1v) is 6.36. The van der Waals surface area contributed by atoms with Crippen LogP contribution in [-0.4, -0.2) is 42.1 Å². The van der Waals surface area contributed by atoms with Crippen molar-refractivity contribution in [3.05, 3.63) is 35.9 Å². The Labute approximate surface area is 117 Å². The van der Waals surface area contributed by atoms with Crippen molar-refractivity contribution in [2.45, 2.75) is 13.5 Å². The van der Waals surface area contributed by atoms with E-state index in [0.29, 0.717) is 25.5 Å². The topological polar surface area (TPSA) is 71.0 Å². The molecule has 0 saturated carbocycles. The minimum absolute atomic E-state index is 0.0633. The van der Waals surface area contributed by atoms with Crippen LogP contribution in [0.4, 0.5) is 4.79 Å². The normalized spacial score (nSPS) is 14.8. The number of rotatable bonds is 6. The van der Waals surface area contributed by atoms with Gasteiger partial charge in [0.1, 0.15) is 5.78 Å². The summed E-state index contributed by atoms with van der Waals surface area (Å²) in [6.07, 6.45) is 0. The Kier molecular flexibility index (Phi) is 4.84. The number of hydrogen-bond acceptors (Lipinski definition) is 4. The van der Waals surface area contributed by atoms with Gasteiger partial charge in [0.25, 0.3) is 0 Å². The van der Waals surface area contributed by atoms with Crippen molar-refractivity contribution in [2.75, 3.05) is 19.7 Å². The Hall–Kier alpha value is -2.21. The highest BCUT2D eigenvalue weighted by molar-refractivity contribution is 5.95. The molecule has 2 amide bonds. The van der Waals surface area contributed by atoms with Gasteiger partial charge in [-0.15, -0.1) is 0 Å². The monoisotopic (exact) mass is 275 g/mol. The summed E-state index contributed by atoms with van der Waals surface area (Å²) < 4.78 is 5.55. The van der Waals surface area contributed by atoms with Crippen molar-refractivity contribution in [1.82, 2.24) is 10.3 Å². The number of ketones is 1. The number of nitrogens with one attached hydrogen (secondary N) is 1. The molecule has 20 heavy (non-hydrogen) atoms. The second-order valence-corrected chi connectivity index (χ2v) is 4.63. The SMILES string of the molecule is CC(=O)CN1CC(COCc2ccccc2)=NNC1=O. The third-order valence-corrected chi connectivity index (χ3v) is 2.76. The molecule has 0 fully saturated rings. The van der Waals surface area contributed by atoms with Crippen LogP contribution in [0.15, 0.2) is 35.4 Å². The van der Waals surface area contributed by atoms with Gasteiger partial charge in [0.05, 0.1) is 32.0 Å². The molecule has 0 unspecified atom stereocenters. The number of nitrogens with zero attached hydrogens (tertiary/aromatic N) is 2. The van der Waals surface area contributed by atoms with Crippen LogP contribution in [0.5, 0.6) is 0 Å². The Morgan fingerprint density at radius 1 is 1.35 bits per heavy atom. The molecule has 1 aromatic carbocycles. The molecule has 6 nitrogen and oxygen atoms in total. The van der Waals surface area contributed by atoms with Crippen LogP contribution in [0.2, 0.25) is 0 Å². The molecule has 1 aliphatic heterocycles. The quantitative estimate of drug-likeness (QED) is 0.847. The first kappa shape index (κ1) is 14.2. The minimum atomic E-state index is -0.355.